The molecule has 28 heavy (non-hydrogen) atoms. The van der Waals surface area contributed by atoms with Gasteiger partial charge in [0.15, 0.2) is 0 Å². The number of amides is 1. The monoisotopic (exact) mass is 443 g/mol. The van der Waals surface area contributed by atoms with Crippen LogP contribution in [-0.2, 0) is 4.79 Å². The maximum atomic E-state index is 12.4. The minimum atomic E-state index is -4.13. The highest BCUT2D eigenvalue weighted by atomic mass is 35.5. The molecular weight excluding hydrogens is 414 g/mol. The highest BCUT2D eigenvalue weighted by Gasteiger charge is 2.32. The third kappa shape index (κ3) is 8.99. The number of rotatable bonds is 7. The van der Waals surface area contributed by atoms with Crippen LogP contribution < -0.4 is 11.1 Å². The molecule has 1 saturated heterocycles. The van der Waals surface area contributed by atoms with Gasteiger partial charge in [-0.2, -0.15) is 13.2 Å². The average molecular weight is 444 g/mol. The summed E-state index contributed by atoms with van der Waals surface area (Å²) in [7, 11) is 0. The molecule has 0 aromatic heterocycles. The second-order valence-electron chi connectivity index (χ2n) is 7.14. The molecule has 1 aromatic rings. The van der Waals surface area contributed by atoms with E-state index in [1.54, 1.807) is 0 Å². The zero-order valence-corrected chi connectivity index (χ0v) is 17.6. The first-order valence-electron chi connectivity index (χ1n) is 9.13. The van der Waals surface area contributed by atoms with Crippen LogP contribution in [0.4, 0.5) is 13.2 Å². The van der Waals surface area contributed by atoms with Crippen LogP contribution in [0, 0.1) is 11.8 Å². The number of nitrogens with two attached hydrogens (primary N) is 1. The van der Waals surface area contributed by atoms with E-state index in [2.05, 4.69) is 5.32 Å². The van der Waals surface area contributed by atoms with Crippen molar-refractivity contribution in [3.63, 3.8) is 0 Å². The Morgan fingerprint density at radius 3 is 2.32 bits per heavy atom. The summed E-state index contributed by atoms with van der Waals surface area (Å²) in [6.45, 7) is 2.45. The van der Waals surface area contributed by atoms with Crippen LogP contribution in [0.25, 0.3) is 0 Å². The van der Waals surface area contributed by atoms with Crippen molar-refractivity contribution in [1.82, 2.24) is 10.2 Å². The van der Waals surface area contributed by atoms with Gasteiger partial charge in [-0.25, -0.2) is 0 Å². The molecule has 2 unspecified atom stereocenters. The van der Waals surface area contributed by atoms with E-state index < -0.39 is 12.7 Å². The number of nitrogens with zero attached hydrogens (tertiary/aromatic N) is 1. The van der Waals surface area contributed by atoms with Crippen LogP contribution in [0.2, 0.25) is 0 Å². The van der Waals surface area contributed by atoms with Gasteiger partial charge in [-0.3, -0.25) is 9.69 Å². The van der Waals surface area contributed by atoms with Gasteiger partial charge in [0.25, 0.3) is 0 Å². The van der Waals surface area contributed by atoms with Gasteiger partial charge in [0.05, 0.1) is 12.5 Å². The molecule has 1 aliphatic heterocycles. The molecule has 1 aromatic carbocycles. The summed E-state index contributed by atoms with van der Waals surface area (Å²) in [5.74, 6) is -0.0696. The van der Waals surface area contributed by atoms with Gasteiger partial charge in [0, 0.05) is 12.6 Å². The van der Waals surface area contributed by atoms with Crippen molar-refractivity contribution in [2.75, 3.05) is 26.2 Å². The van der Waals surface area contributed by atoms with Crippen molar-refractivity contribution in [3.8, 4) is 0 Å². The Bertz CT molecular complexity index is 567. The predicted molar refractivity (Wildman–Crippen MR) is 110 cm³/mol. The van der Waals surface area contributed by atoms with Crippen LogP contribution in [0.3, 0.4) is 0 Å². The van der Waals surface area contributed by atoms with E-state index in [-0.39, 0.29) is 42.7 Å². The van der Waals surface area contributed by atoms with Crippen LogP contribution in [0.1, 0.15) is 37.8 Å². The van der Waals surface area contributed by atoms with Crippen LogP contribution in [0.15, 0.2) is 30.3 Å². The molecule has 3 N–H and O–H groups in total. The van der Waals surface area contributed by atoms with Gasteiger partial charge >= 0.3 is 6.18 Å². The molecule has 0 saturated carbocycles. The molecule has 0 aliphatic carbocycles. The van der Waals surface area contributed by atoms with E-state index in [4.69, 9.17) is 5.73 Å². The summed E-state index contributed by atoms with van der Waals surface area (Å²) in [5, 5.41) is 2.92. The molecule has 1 heterocycles. The van der Waals surface area contributed by atoms with Gasteiger partial charge in [-0.1, -0.05) is 37.3 Å². The van der Waals surface area contributed by atoms with Crippen molar-refractivity contribution >= 4 is 30.7 Å². The van der Waals surface area contributed by atoms with E-state index in [1.165, 1.54) is 4.90 Å². The van der Waals surface area contributed by atoms with Gasteiger partial charge in [-0.05, 0) is 43.8 Å². The Kier molecular flexibility index (Phi) is 12.1. The molecule has 2 rings (SSSR count). The summed E-state index contributed by atoms with van der Waals surface area (Å²) >= 11 is 0. The number of hydrogen-bond donors (Lipinski definition) is 2. The summed E-state index contributed by atoms with van der Waals surface area (Å²) in [6, 6.07) is 9.14. The summed E-state index contributed by atoms with van der Waals surface area (Å²) in [4.78, 5) is 13.7. The number of piperidine rings is 1. The van der Waals surface area contributed by atoms with Crippen molar-refractivity contribution in [2.24, 2.45) is 17.6 Å². The van der Waals surface area contributed by atoms with Crippen molar-refractivity contribution < 1.29 is 18.0 Å². The molecule has 2 atom stereocenters. The van der Waals surface area contributed by atoms with E-state index in [1.807, 2.05) is 37.3 Å². The fraction of sp³-hybridized carbons (Fsp3) is 0.632. The quantitative estimate of drug-likeness (QED) is 0.670. The minimum Gasteiger partial charge on any atom is -0.356 e. The lowest BCUT2D eigenvalue weighted by atomic mass is 9.92. The third-order valence-electron chi connectivity index (χ3n) is 5.10. The number of likely N-dealkylation sites (tertiary alicyclic amines) is 1. The van der Waals surface area contributed by atoms with Crippen molar-refractivity contribution in [2.45, 2.75) is 38.4 Å². The molecule has 9 heteroatoms. The van der Waals surface area contributed by atoms with Gasteiger partial charge < -0.3 is 11.1 Å². The Labute approximate surface area is 177 Å². The van der Waals surface area contributed by atoms with E-state index >= 15 is 0 Å². The molecule has 1 fully saturated rings. The van der Waals surface area contributed by atoms with Gasteiger partial charge in [0.1, 0.15) is 0 Å². The lowest BCUT2D eigenvalue weighted by Gasteiger charge is -2.32. The van der Waals surface area contributed by atoms with E-state index in [9.17, 15) is 18.0 Å². The highest BCUT2D eigenvalue weighted by Crippen LogP contribution is 2.24. The third-order valence-corrected chi connectivity index (χ3v) is 5.10. The first-order chi connectivity index (χ1) is 12.3. The molecule has 0 bridgehead atoms. The maximum absolute atomic E-state index is 12.4. The minimum absolute atomic E-state index is 0. The Morgan fingerprint density at radius 1 is 1.21 bits per heavy atom. The summed E-state index contributed by atoms with van der Waals surface area (Å²) in [6.07, 6.45) is -1.86. The van der Waals surface area contributed by atoms with Crippen molar-refractivity contribution in [1.29, 1.82) is 0 Å². The standard InChI is InChI=1S/C19H28F3N3O.2ClH/c1-14(17(23)16-5-3-2-4-6-16)18(26)24-10-7-15-8-11-25(12-9-15)13-19(20,21)22;;/h2-6,14-15,17H,7-13,23H2,1H3,(H,24,26);2*1H. The zero-order chi connectivity index (χ0) is 19.2. The number of carbonyl (C=O) groups is 1. The Balaban J connectivity index is 0.00000364. The van der Waals surface area contributed by atoms with E-state index in [0.29, 0.717) is 25.6 Å². The average Bonchev–Trinajstić information content (AvgIpc) is 2.61. The predicted octanol–water partition coefficient (Wildman–Crippen LogP) is 3.95. The van der Waals surface area contributed by atoms with Crippen molar-refractivity contribution in [3.05, 3.63) is 35.9 Å². The number of benzene rings is 1. The van der Waals surface area contributed by atoms with Crippen LogP contribution >= 0.6 is 24.8 Å². The van der Waals surface area contributed by atoms with Crippen LogP contribution in [0.5, 0.6) is 0 Å². The first kappa shape index (κ1) is 27.0. The lowest BCUT2D eigenvalue weighted by Crippen LogP contribution is -2.41. The summed E-state index contributed by atoms with van der Waals surface area (Å²) < 4.78 is 37.2. The SMILES string of the molecule is CC(C(=O)NCCC1CCN(CC(F)(F)F)CC1)C(N)c1ccccc1.Cl.Cl. The molecule has 0 spiro atoms. The fourth-order valence-corrected chi connectivity index (χ4v) is 3.37. The first-order valence-corrected chi connectivity index (χ1v) is 9.13. The summed E-state index contributed by atoms with van der Waals surface area (Å²) in [5.41, 5.74) is 7.08. The molecule has 4 nitrogen and oxygen atoms in total. The number of carbonyl (C=O) groups excluding carboxylic acids is 1. The Hall–Kier alpha value is -1.02. The molecular formula is C19H30Cl2F3N3O. The topological polar surface area (TPSA) is 58.4 Å². The second-order valence-corrected chi connectivity index (χ2v) is 7.14. The Morgan fingerprint density at radius 2 is 1.79 bits per heavy atom. The smallest absolute Gasteiger partial charge is 0.356 e. The van der Waals surface area contributed by atoms with Gasteiger partial charge in [-0.15, -0.1) is 24.8 Å². The molecule has 162 valence electrons. The largest absolute Gasteiger partial charge is 0.401 e. The van der Waals surface area contributed by atoms with Crippen LogP contribution in [-0.4, -0.2) is 43.2 Å². The number of hydrogen-bond acceptors (Lipinski definition) is 3. The van der Waals surface area contributed by atoms with E-state index in [0.717, 1.165) is 24.8 Å². The molecule has 0 radical (unpaired) electrons. The number of nitrogens with one attached hydrogen (secondary N) is 1. The fourth-order valence-electron chi connectivity index (χ4n) is 3.37. The number of alkyl halides is 3. The molecule has 1 aliphatic rings. The zero-order valence-electron chi connectivity index (χ0n) is 16.0. The maximum Gasteiger partial charge on any atom is 0.401 e. The second kappa shape index (κ2) is 12.5. The number of halogens is 5. The lowest BCUT2D eigenvalue weighted by molar-refractivity contribution is -0.148. The normalized spacial score (nSPS) is 17.8. The van der Waals surface area contributed by atoms with Gasteiger partial charge in [0.2, 0.25) is 5.91 Å². The molecule has 1 amide bonds. The highest BCUT2D eigenvalue weighted by molar-refractivity contribution is 5.85.